The summed E-state index contributed by atoms with van der Waals surface area (Å²) in [5.74, 6) is 0.855. The fourth-order valence-electron chi connectivity index (χ4n) is 2.60. The standard InChI is InChI=1S/C21H27BrN4O.HI/c1-5-23-21(26(4)15-18-8-6-7-9-19(18)22)24-14-16-10-12-17(13-11-16)20(27)25(2)3;/h6-13H,5,14-15H2,1-4H3,(H,23,24);1H. The molecule has 2 aromatic carbocycles. The summed E-state index contributed by atoms with van der Waals surface area (Å²) in [7, 11) is 5.54. The number of nitrogens with zero attached hydrogens (tertiary/aromatic N) is 3. The minimum absolute atomic E-state index is 0. The van der Waals surface area contributed by atoms with Gasteiger partial charge in [0.25, 0.3) is 5.91 Å². The molecule has 0 aliphatic rings. The second kappa shape index (κ2) is 12.1. The Hall–Kier alpha value is -1.61. The zero-order valence-electron chi connectivity index (χ0n) is 16.8. The summed E-state index contributed by atoms with van der Waals surface area (Å²) in [4.78, 5) is 20.4. The number of carbonyl (C=O) groups is 1. The van der Waals surface area contributed by atoms with Crippen LogP contribution < -0.4 is 5.32 Å². The quantitative estimate of drug-likeness (QED) is 0.325. The maximum Gasteiger partial charge on any atom is 0.253 e. The summed E-state index contributed by atoms with van der Waals surface area (Å²) in [5.41, 5.74) is 2.96. The number of aliphatic imine (C=N–C) groups is 1. The van der Waals surface area contributed by atoms with Crippen LogP contribution in [-0.4, -0.2) is 49.4 Å². The van der Waals surface area contributed by atoms with E-state index in [4.69, 9.17) is 4.99 Å². The Bertz CT molecular complexity index is 793. The Balaban J connectivity index is 0.00000392. The highest BCUT2D eigenvalue weighted by atomic mass is 127. The van der Waals surface area contributed by atoms with E-state index in [1.54, 1.807) is 19.0 Å². The van der Waals surface area contributed by atoms with Crippen LogP contribution in [0.2, 0.25) is 0 Å². The number of amides is 1. The maximum atomic E-state index is 12.0. The van der Waals surface area contributed by atoms with E-state index in [-0.39, 0.29) is 29.9 Å². The normalized spacial score (nSPS) is 10.8. The fourth-order valence-corrected chi connectivity index (χ4v) is 3.01. The fraction of sp³-hybridized carbons (Fsp3) is 0.333. The van der Waals surface area contributed by atoms with Gasteiger partial charge < -0.3 is 15.1 Å². The van der Waals surface area contributed by atoms with Gasteiger partial charge in [0.15, 0.2) is 5.96 Å². The van der Waals surface area contributed by atoms with Gasteiger partial charge in [0.2, 0.25) is 0 Å². The van der Waals surface area contributed by atoms with Gasteiger partial charge in [-0.05, 0) is 36.2 Å². The second-order valence-electron chi connectivity index (χ2n) is 6.51. The molecule has 0 heterocycles. The van der Waals surface area contributed by atoms with E-state index in [0.29, 0.717) is 12.1 Å². The van der Waals surface area contributed by atoms with Crippen molar-refractivity contribution in [2.75, 3.05) is 27.7 Å². The molecular formula is C21H28BrIN4O. The zero-order chi connectivity index (χ0) is 19.8. The zero-order valence-corrected chi connectivity index (χ0v) is 20.7. The maximum absolute atomic E-state index is 12.0. The second-order valence-corrected chi connectivity index (χ2v) is 7.37. The lowest BCUT2D eigenvalue weighted by Crippen LogP contribution is -2.38. The van der Waals surface area contributed by atoms with Crippen LogP contribution in [-0.2, 0) is 13.1 Å². The molecule has 0 unspecified atom stereocenters. The van der Waals surface area contributed by atoms with E-state index in [2.05, 4.69) is 39.1 Å². The van der Waals surface area contributed by atoms with Gasteiger partial charge in [0.1, 0.15) is 0 Å². The Morgan fingerprint density at radius 1 is 1.07 bits per heavy atom. The smallest absolute Gasteiger partial charge is 0.253 e. The van der Waals surface area contributed by atoms with E-state index in [1.165, 1.54) is 5.56 Å². The lowest BCUT2D eigenvalue weighted by Gasteiger charge is -2.22. The minimum Gasteiger partial charge on any atom is -0.357 e. The number of halogens is 2. The van der Waals surface area contributed by atoms with Crippen molar-refractivity contribution in [3.05, 3.63) is 69.7 Å². The highest BCUT2D eigenvalue weighted by molar-refractivity contribution is 14.0. The Morgan fingerprint density at radius 2 is 1.71 bits per heavy atom. The van der Waals surface area contributed by atoms with Crippen molar-refractivity contribution in [1.82, 2.24) is 15.1 Å². The molecule has 0 aliphatic carbocycles. The van der Waals surface area contributed by atoms with Crippen LogP contribution in [0.25, 0.3) is 0 Å². The van der Waals surface area contributed by atoms with Gasteiger partial charge in [-0.1, -0.05) is 46.3 Å². The van der Waals surface area contributed by atoms with Crippen LogP contribution in [0, 0.1) is 0 Å². The molecule has 0 saturated carbocycles. The molecule has 0 atom stereocenters. The van der Waals surface area contributed by atoms with Crippen LogP contribution in [0.15, 0.2) is 58.0 Å². The molecule has 0 radical (unpaired) electrons. The van der Waals surface area contributed by atoms with Gasteiger partial charge >= 0.3 is 0 Å². The third kappa shape index (κ3) is 7.09. The monoisotopic (exact) mass is 558 g/mol. The Morgan fingerprint density at radius 3 is 2.29 bits per heavy atom. The first-order chi connectivity index (χ1) is 12.9. The van der Waals surface area contributed by atoms with Crippen LogP contribution >= 0.6 is 39.9 Å². The van der Waals surface area contributed by atoms with E-state index < -0.39 is 0 Å². The molecule has 5 nitrogen and oxygen atoms in total. The van der Waals surface area contributed by atoms with E-state index in [9.17, 15) is 4.79 Å². The average Bonchev–Trinajstić information content (AvgIpc) is 2.66. The third-order valence-corrected chi connectivity index (χ3v) is 4.85. The highest BCUT2D eigenvalue weighted by Crippen LogP contribution is 2.17. The van der Waals surface area contributed by atoms with Gasteiger partial charge in [-0.15, -0.1) is 24.0 Å². The third-order valence-electron chi connectivity index (χ3n) is 4.08. The van der Waals surface area contributed by atoms with E-state index in [1.807, 2.05) is 49.5 Å². The number of hydrogen-bond donors (Lipinski definition) is 1. The summed E-state index contributed by atoms with van der Waals surface area (Å²) in [6, 6.07) is 15.8. The molecule has 152 valence electrons. The van der Waals surface area contributed by atoms with Crippen LogP contribution in [0.1, 0.15) is 28.4 Å². The van der Waals surface area contributed by atoms with Gasteiger partial charge in [0, 0.05) is 44.3 Å². The topological polar surface area (TPSA) is 47.9 Å². The number of nitrogens with one attached hydrogen (secondary N) is 1. The molecule has 28 heavy (non-hydrogen) atoms. The molecule has 1 amide bonds. The largest absolute Gasteiger partial charge is 0.357 e. The molecule has 0 saturated heterocycles. The molecule has 0 aliphatic heterocycles. The van der Waals surface area contributed by atoms with Crippen molar-refractivity contribution < 1.29 is 4.79 Å². The predicted octanol–water partition coefficient (Wildman–Crippen LogP) is 4.37. The number of guanidine groups is 1. The summed E-state index contributed by atoms with van der Waals surface area (Å²) in [6.45, 7) is 4.17. The molecule has 0 bridgehead atoms. The summed E-state index contributed by atoms with van der Waals surface area (Å²) < 4.78 is 1.09. The van der Waals surface area contributed by atoms with Crippen molar-refractivity contribution in [2.45, 2.75) is 20.0 Å². The molecule has 1 N–H and O–H groups in total. The van der Waals surface area contributed by atoms with Gasteiger partial charge in [-0.25, -0.2) is 4.99 Å². The van der Waals surface area contributed by atoms with E-state index in [0.717, 1.165) is 29.1 Å². The Labute approximate surface area is 193 Å². The summed E-state index contributed by atoms with van der Waals surface area (Å²) >= 11 is 3.60. The Kier molecular flexibility index (Phi) is 10.5. The number of hydrogen-bond acceptors (Lipinski definition) is 2. The van der Waals surface area contributed by atoms with Crippen molar-refractivity contribution in [1.29, 1.82) is 0 Å². The van der Waals surface area contributed by atoms with Crippen LogP contribution in [0.4, 0.5) is 0 Å². The molecular weight excluding hydrogens is 531 g/mol. The van der Waals surface area contributed by atoms with Crippen LogP contribution in [0.5, 0.6) is 0 Å². The number of carbonyl (C=O) groups excluding carboxylic acids is 1. The van der Waals surface area contributed by atoms with Crippen molar-refractivity contribution in [2.24, 2.45) is 4.99 Å². The van der Waals surface area contributed by atoms with E-state index >= 15 is 0 Å². The molecule has 2 aromatic rings. The molecule has 0 fully saturated rings. The highest BCUT2D eigenvalue weighted by Gasteiger charge is 2.09. The molecule has 0 spiro atoms. The van der Waals surface area contributed by atoms with Crippen molar-refractivity contribution in [3.63, 3.8) is 0 Å². The van der Waals surface area contributed by atoms with Gasteiger partial charge in [0.05, 0.1) is 6.54 Å². The first-order valence-corrected chi connectivity index (χ1v) is 9.75. The molecule has 2 rings (SSSR count). The van der Waals surface area contributed by atoms with Crippen LogP contribution in [0.3, 0.4) is 0 Å². The molecule has 7 heteroatoms. The van der Waals surface area contributed by atoms with Gasteiger partial charge in [-0.3, -0.25) is 4.79 Å². The number of rotatable bonds is 6. The predicted molar refractivity (Wildman–Crippen MR) is 130 cm³/mol. The lowest BCUT2D eigenvalue weighted by atomic mass is 10.1. The number of benzene rings is 2. The van der Waals surface area contributed by atoms with Gasteiger partial charge in [-0.2, -0.15) is 0 Å². The van der Waals surface area contributed by atoms with Crippen molar-refractivity contribution >= 4 is 51.8 Å². The summed E-state index contributed by atoms with van der Waals surface area (Å²) in [5, 5.41) is 3.34. The minimum atomic E-state index is 0. The first-order valence-electron chi connectivity index (χ1n) is 8.95. The van der Waals surface area contributed by atoms with Crippen molar-refractivity contribution in [3.8, 4) is 0 Å². The summed E-state index contributed by atoms with van der Waals surface area (Å²) in [6.07, 6.45) is 0. The average molecular weight is 559 g/mol. The first kappa shape index (κ1) is 24.4. The SMILES string of the molecule is CCNC(=NCc1ccc(C(=O)N(C)C)cc1)N(C)Cc1ccccc1Br.I. The molecule has 0 aromatic heterocycles. The lowest BCUT2D eigenvalue weighted by molar-refractivity contribution is 0.0827.